The van der Waals surface area contributed by atoms with Crippen molar-refractivity contribution in [2.24, 2.45) is 17.3 Å². The van der Waals surface area contributed by atoms with Crippen molar-refractivity contribution in [3.8, 4) is 0 Å². The molecule has 3 fully saturated rings. The SMILES string of the molecule is CCOC1CC(NC(=O)C2CCC2C(=O)O)C12CCCC2. The van der Waals surface area contributed by atoms with Crippen molar-refractivity contribution >= 4 is 11.9 Å². The van der Waals surface area contributed by atoms with Crippen molar-refractivity contribution in [1.82, 2.24) is 5.32 Å². The van der Waals surface area contributed by atoms with Crippen molar-refractivity contribution in [2.75, 3.05) is 6.61 Å². The zero-order valence-corrected chi connectivity index (χ0v) is 12.6. The highest BCUT2D eigenvalue weighted by Gasteiger charge is 2.57. The number of aliphatic carboxylic acids is 1. The third-order valence-corrected chi connectivity index (χ3v) is 5.93. The molecule has 0 aromatic carbocycles. The van der Waals surface area contributed by atoms with Crippen LogP contribution in [0.4, 0.5) is 0 Å². The Morgan fingerprint density at radius 1 is 1.24 bits per heavy atom. The van der Waals surface area contributed by atoms with Crippen LogP contribution in [0.5, 0.6) is 0 Å². The summed E-state index contributed by atoms with van der Waals surface area (Å²) in [5.74, 6) is -1.70. The Morgan fingerprint density at radius 3 is 2.43 bits per heavy atom. The van der Waals surface area contributed by atoms with E-state index >= 15 is 0 Å². The summed E-state index contributed by atoms with van der Waals surface area (Å²) < 4.78 is 5.84. The Kier molecular flexibility index (Phi) is 3.95. The Morgan fingerprint density at radius 2 is 1.90 bits per heavy atom. The van der Waals surface area contributed by atoms with Gasteiger partial charge in [-0.1, -0.05) is 12.8 Å². The Labute approximate surface area is 125 Å². The van der Waals surface area contributed by atoms with Gasteiger partial charge in [0.05, 0.1) is 17.9 Å². The molecule has 0 aromatic heterocycles. The lowest BCUT2D eigenvalue weighted by molar-refractivity contribution is -0.158. The molecule has 0 heterocycles. The number of hydrogen-bond donors (Lipinski definition) is 2. The molecule has 0 aliphatic heterocycles. The molecule has 5 heteroatoms. The van der Waals surface area contributed by atoms with Crippen molar-refractivity contribution in [3.05, 3.63) is 0 Å². The van der Waals surface area contributed by atoms with Crippen LogP contribution in [-0.2, 0) is 14.3 Å². The smallest absolute Gasteiger partial charge is 0.307 e. The third kappa shape index (κ3) is 2.35. The van der Waals surface area contributed by atoms with Crippen LogP contribution in [-0.4, -0.2) is 35.7 Å². The first-order chi connectivity index (χ1) is 10.1. The first kappa shape index (κ1) is 14.8. The van der Waals surface area contributed by atoms with Gasteiger partial charge in [-0.3, -0.25) is 9.59 Å². The average Bonchev–Trinajstić information content (AvgIpc) is 2.87. The molecule has 4 atom stereocenters. The standard InChI is InChI=1S/C16H25NO4/c1-2-21-13-9-12(16(13)7-3-4-8-16)17-14(18)10-5-6-11(10)15(19)20/h10-13H,2-9H2,1H3,(H,17,18)(H,19,20). The van der Waals surface area contributed by atoms with E-state index in [0.29, 0.717) is 12.8 Å². The van der Waals surface area contributed by atoms with Gasteiger partial charge in [-0.25, -0.2) is 0 Å². The summed E-state index contributed by atoms with van der Waals surface area (Å²) in [6.45, 7) is 2.73. The maximum Gasteiger partial charge on any atom is 0.307 e. The number of ether oxygens (including phenoxy) is 1. The molecule has 2 N–H and O–H groups in total. The molecule has 0 bridgehead atoms. The maximum atomic E-state index is 12.3. The molecular weight excluding hydrogens is 270 g/mol. The molecule has 3 aliphatic rings. The fourth-order valence-corrected chi connectivity index (χ4v) is 4.48. The fraction of sp³-hybridized carbons (Fsp3) is 0.875. The lowest BCUT2D eigenvalue weighted by Crippen LogP contribution is -2.65. The minimum atomic E-state index is -0.835. The first-order valence-electron chi connectivity index (χ1n) is 8.23. The van der Waals surface area contributed by atoms with E-state index in [-0.39, 0.29) is 29.4 Å². The van der Waals surface area contributed by atoms with Crippen LogP contribution in [0.2, 0.25) is 0 Å². The minimum absolute atomic E-state index is 0.0557. The van der Waals surface area contributed by atoms with Gasteiger partial charge in [0.15, 0.2) is 0 Å². The number of carbonyl (C=O) groups excluding carboxylic acids is 1. The Bertz CT molecular complexity index is 430. The van der Waals surface area contributed by atoms with Crippen molar-refractivity contribution in [2.45, 2.75) is 64.0 Å². The third-order valence-electron chi connectivity index (χ3n) is 5.93. The van der Waals surface area contributed by atoms with E-state index in [4.69, 9.17) is 9.84 Å². The summed E-state index contributed by atoms with van der Waals surface area (Å²) in [4.78, 5) is 23.4. The number of amides is 1. The molecule has 5 nitrogen and oxygen atoms in total. The normalized spacial score (nSPS) is 36.8. The molecule has 0 radical (unpaired) electrons. The topological polar surface area (TPSA) is 75.6 Å². The number of carboxylic acid groups (broad SMARTS) is 1. The largest absolute Gasteiger partial charge is 0.481 e. The summed E-state index contributed by atoms with van der Waals surface area (Å²) in [6.07, 6.45) is 7.14. The highest BCUT2D eigenvalue weighted by Crippen LogP contribution is 2.55. The molecule has 0 saturated heterocycles. The van der Waals surface area contributed by atoms with Crippen LogP contribution in [0.25, 0.3) is 0 Å². The second kappa shape index (κ2) is 5.59. The van der Waals surface area contributed by atoms with E-state index in [1.807, 2.05) is 6.92 Å². The van der Waals surface area contributed by atoms with Gasteiger partial charge in [-0.2, -0.15) is 0 Å². The molecule has 4 unspecified atom stereocenters. The van der Waals surface area contributed by atoms with E-state index in [1.165, 1.54) is 12.8 Å². The van der Waals surface area contributed by atoms with Crippen LogP contribution < -0.4 is 5.32 Å². The summed E-state index contributed by atoms with van der Waals surface area (Å²) in [5, 5.41) is 12.2. The number of carboxylic acids is 1. The molecule has 3 rings (SSSR count). The van der Waals surface area contributed by atoms with Gasteiger partial charge in [-0.05, 0) is 39.0 Å². The predicted molar refractivity (Wildman–Crippen MR) is 76.7 cm³/mol. The number of rotatable bonds is 5. The van der Waals surface area contributed by atoms with Gasteiger partial charge in [-0.15, -0.1) is 0 Å². The lowest BCUT2D eigenvalue weighted by atomic mass is 9.60. The predicted octanol–water partition coefficient (Wildman–Crippen LogP) is 1.95. The minimum Gasteiger partial charge on any atom is -0.481 e. The average molecular weight is 295 g/mol. The monoisotopic (exact) mass is 295 g/mol. The van der Waals surface area contributed by atoms with Gasteiger partial charge in [0.25, 0.3) is 0 Å². The molecule has 3 aliphatic carbocycles. The Hall–Kier alpha value is -1.10. The van der Waals surface area contributed by atoms with Crippen molar-refractivity contribution in [3.63, 3.8) is 0 Å². The molecule has 0 aromatic rings. The van der Waals surface area contributed by atoms with Crippen LogP contribution >= 0.6 is 0 Å². The first-order valence-corrected chi connectivity index (χ1v) is 8.23. The summed E-state index contributed by atoms with van der Waals surface area (Å²) >= 11 is 0. The molecule has 3 saturated carbocycles. The van der Waals surface area contributed by atoms with Crippen LogP contribution in [0.1, 0.15) is 51.9 Å². The quantitative estimate of drug-likeness (QED) is 0.813. The van der Waals surface area contributed by atoms with Crippen LogP contribution in [0, 0.1) is 17.3 Å². The van der Waals surface area contributed by atoms with Crippen molar-refractivity contribution in [1.29, 1.82) is 0 Å². The highest BCUT2D eigenvalue weighted by molar-refractivity contribution is 5.86. The van der Waals surface area contributed by atoms with Gasteiger partial charge in [0.2, 0.25) is 5.91 Å². The molecule has 1 spiro atoms. The molecule has 21 heavy (non-hydrogen) atoms. The van der Waals surface area contributed by atoms with Crippen LogP contribution in [0.15, 0.2) is 0 Å². The summed E-state index contributed by atoms with van der Waals surface area (Å²) in [5.41, 5.74) is 0.119. The van der Waals surface area contributed by atoms with E-state index < -0.39 is 11.9 Å². The second-order valence-corrected chi connectivity index (χ2v) is 6.81. The zero-order valence-electron chi connectivity index (χ0n) is 12.6. The maximum absolute atomic E-state index is 12.3. The summed E-state index contributed by atoms with van der Waals surface area (Å²) in [7, 11) is 0. The second-order valence-electron chi connectivity index (χ2n) is 6.81. The number of hydrogen-bond acceptors (Lipinski definition) is 3. The lowest BCUT2D eigenvalue weighted by Gasteiger charge is -2.54. The summed E-state index contributed by atoms with van der Waals surface area (Å²) in [6, 6.07) is 0.180. The van der Waals surface area contributed by atoms with E-state index in [9.17, 15) is 9.59 Å². The number of nitrogens with one attached hydrogen (secondary N) is 1. The van der Waals surface area contributed by atoms with E-state index in [1.54, 1.807) is 0 Å². The van der Waals surface area contributed by atoms with Crippen LogP contribution in [0.3, 0.4) is 0 Å². The van der Waals surface area contributed by atoms with Gasteiger partial charge in [0, 0.05) is 18.1 Å². The fourth-order valence-electron chi connectivity index (χ4n) is 4.48. The van der Waals surface area contributed by atoms with Gasteiger partial charge >= 0.3 is 5.97 Å². The molecular formula is C16H25NO4. The molecule has 1 amide bonds. The highest BCUT2D eigenvalue weighted by atomic mass is 16.5. The van der Waals surface area contributed by atoms with Crippen molar-refractivity contribution < 1.29 is 19.4 Å². The zero-order chi connectivity index (χ0) is 15.0. The number of carbonyl (C=O) groups is 2. The Balaban J connectivity index is 1.60. The molecule has 118 valence electrons. The van der Waals surface area contributed by atoms with E-state index in [0.717, 1.165) is 25.9 Å². The van der Waals surface area contributed by atoms with Gasteiger partial charge < -0.3 is 15.2 Å². The van der Waals surface area contributed by atoms with Gasteiger partial charge in [0.1, 0.15) is 0 Å². The van der Waals surface area contributed by atoms with E-state index in [2.05, 4.69) is 5.32 Å².